The van der Waals surface area contributed by atoms with E-state index in [1.807, 2.05) is 6.07 Å². The normalized spacial score (nSPS) is 9.09. The van der Waals surface area contributed by atoms with E-state index in [4.69, 9.17) is 0 Å². The van der Waals surface area contributed by atoms with Gasteiger partial charge in [-0.1, -0.05) is 56.0 Å². The van der Waals surface area contributed by atoms with Gasteiger partial charge in [0.15, 0.2) is 0 Å². The van der Waals surface area contributed by atoms with Crippen LogP contribution in [0.25, 0.3) is 11.1 Å². The molecule has 0 aliphatic heterocycles. The molecule has 0 fully saturated rings. The highest BCUT2D eigenvalue weighted by Gasteiger charge is 1.94. The van der Waals surface area contributed by atoms with E-state index in [2.05, 4.69) is 42.5 Å². The van der Waals surface area contributed by atoms with E-state index in [-0.39, 0.29) is 7.43 Å². The monoisotopic (exact) mass is 144 g/mol. The fourth-order valence-electron chi connectivity index (χ4n) is 1.13. The maximum Gasteiger partial charge on any atom is -0.0184 e. The first kappa shape index (κ1) is 7.80. The summed E-state index contributed by atoms with van der Waals surface area (Å²) in [5, 5.41) is 0. The second kappa shape index (κ2) is 3.20. The molecule has 2 rings (SSSR count). The van der Waals surface area contributed by atoms with Gasteiger partial charge in [0.05, 0.1) is 0 Å². The standard InChI is InChI=1S/C10H8.CH4/c1-2-5-9-7-4-8-10(9)6-3-1;/h1-8H;1H4. The lowest BCUT2D eigenvalue weighted by Crippen LogP contribution is -1.59. The van der Waals surface area contributed by atoms with Gasteiger partial charge in [-0.2, -0.15) is 0 Å². The predicted molar refractivity (Wildman–Crippen MR) is 49.8 cm³/mol. The average Bonchev–Trinajstić information content (AvgIpc) is 2.28. The van der Waals surface area contributed by atoms with Gasteiger partial charge in [-0.15, -0.1) is 0 Å². The van der Waals surface area contributed by atoms with Gasteiger partial charge in [0, 0.05) is 0 Å². The number of hydrogen-bond donors (Lipinski definition) is 0. The largest absolute Gasteiger partial charge is 0.0776 e. The Kier molecular flexibility index (Phi) is 2.27. The van der Waals surface area contributed by atoms with E-state index < -0.39 is 0 Å². The molecule has 0 saturated carbocycles. The molecule has 2 aliphatic rings. The molecule has 0 N–H and O–H groups in total. The van der Waals surface area contributed by atoms with Crippen molar-refractivity contribution < 1.29 is 0 Å². The van der Waals surface area contributed by atoms with E-state index in [1.54, 1.807) is 0 Å². The molecule has 0 bridgehead atoms. The molecule has 11 heavy (non-hydrogen) atoms. The summed E-state index contributed by atoms with van der Waals surface area (Å²) in [6.45, 7) is 0. The van der Waals surface area contributed by atoms with E-state index in [1.165, 1.54) is 11.1 Å². The van der Waals surface area contributed by atoms with E-state index >= 15 is 0 Å². The highest BCUT2D eigenvalue weighted by molar-refractivity contribution is 5.65. The first-order chi connectivity index (χ1) is 4.97. The van der Waals surface area contributed by atoms with Crippen LogP contribution in [0.3, 0.4) is 0 Å². The van der Waals surface area contributed by atoms with Crippen LogP contribution < -0.4 is 0 Å². The van der Waals surface area contributed by atoms with Crippen molar-refractivity contribution in [3.8, 4) is 11.1 Å². The van der Waals surface area contributed by atoms with Crippen molar-refractivity contribution in [2.45, 2.75) is 7.43 Å². The van der Waals surface area contributed by atoms with Crippen LogP contribution >= 0.6 is 0 Å². The SMILES string of the molecule is C.c1ccc2cccc-2cc1. The maximum atomic E-state index is 2.12. The molecular weight excluding hydrogens is 132 g/mol. The summed E-state index contributed by atoms with van der Waals surface area (Å²) in [6, 6.07) is 16.7. The summed E-state index contributed by atoms with van der Waals surface area (Å²) < 4.78 is 0. The molecule has 0 saturated heterocycles. The quantitative estimate of drug-likeness (QED) is 0.531. The Hall–Kier alpha value is -1.30. The molecular formula is C11H12. The molecule has 0 amide bonds. The molecule has 0 aromatic rings. The third-order valence-electron chi connectivity index (χ3n) is 1.66. The maximum absolute atomic E-state index is 2.12. The van der Waals surface area contributed by atoms with E-state index in [0.29, 0.717) is 0 Å². The Bertz CT molecular complexity index is 271. The van der Waals surface area contributed by atoms with Crippen molar-refractivity contribution in [1.29, 1.82) is 0 Å². The van der Waals surface area contributed by atoms with Crippen LogP contribution in [0.4, 0.5) is 0 Å². The molecule has 2 aliphatic carbocycles. The third-order valence-corrected chi connectivity index (χ3v) is 1.66. The van der Waals surface area contributed by atoms with Gasteiger partial charge in [-0.05, 0) is 11.1 Å². The van der Waals surface area contributed by atoms with Crippen molar-refractivity contribution in [3.63, 3.8) is 0 Å². The molecule has 0 spiro atoms. The zero-order valence-electron chi connectivity index (χ0n) is 5.62. The summed E-state index contributed by atoms with van der Waals surface area (Å²) in [5.74, 6) is 0. The zero-order valence-corrected chi connectivity index (χ0v) is 5.62. The summed E-state index contributed by atoms with van der Waals surface area (Å²) in [4.78, 5) is 0. The van der Waals surface area contributed by atoms with Crippen molar-refractivity contribution in [1.82, 2.24) is 0 Å². The van der Waals surface area contributed by atoms with Crippen LogP contribution in [0.15, 0.2) is 48.5 Å². The summed E-state index contributed by atoms with van der Waals surface area (Å²) in [5.41, 5.74) is 2.62. The lowest BCUT2D eigenvalue weighted by atomic mass is 10.2. The topological polar surface area (TPSA) is 0 Å². The van der Waals surface area contributed by atoms with Crippen LogP contribution in [0.5, 0.6) is 0 Å². The first-order valence-corrected chi connectivity index (χ1v) is 3.40. The van der Waals surface area contributed by atoms with Crippen LogP contribution in [0, 0.1) is 0 Å². The second-order valence-electron chi connectivity index (χ2n) is 2.35. The molecule has 0 heteroatoms. The fraction of sp³-hybridized carbons (Fsp3) is 0.0909. The van der Waals surface area contributed by atoms with Gasteiger partial charge >= 0.3 is 0 Å². The van der Waals surface area contributed by atoms with E-state index in [9.17, 15) is 0 Å². The van der Waals surface area contributed by atoms with Crippen LogP contribution in [0.2, 0.25) is 0 Å². The Morgan fingerprint density at radius 2 is 1.00 bits per heavy atom. The van der Waals surface area contributed by atoms with Gasteiger partial charge < -0.3 is 0 Å². The first-order valence-electron chi connectivity index (χ1n) is 3.40. The Morgan fingerprint density at radius 1 is 0.545 bits per heavy atom. The zero-order chi connectivity index (χ0) is 6.81. The summed E-state index contributed by atoms with van der Waals surface area (Å²) in [7, 11) is 0. The van der Waals surface area contributed by atoms with Crippen molar-refractivity contribution in [2.24, 2.45) is 0 Å². The molecule has 0 nitrogen and oxygen atoms in total. The van der Waals surface area contributed by atoms with Crippen molar-refractivity contribution in [2.75, 3.05) is 0 Å². The second-order valence-corrected chi connectivity index (χ2v) is 2.35. The minimum atomic E-state index is 0. The summed E-state index contributed by atoms with van der Waals surface area (Å²) in [6.07, 6.45) is 0. The number of rotatable bonds is 0. The smallest absolute Gasteiger partial charge is 0.0184 e. The predicted octanol–water partition coefficient (Wildman–Crippen LogP) is 3.43. The molecule has 0 unspecified atom stereocenters. The highest BCUT2D eigenvalue weighted by atomic mass is 14.0. The van der Waals surface area contributed by atoms with Gasteiger partial charge in [-0.3, -0.25) is 0 Å². The molecule has 0 atom stereocenters. The van der Waals surface area contributed by atoms with Crippen molar-refractivity contribution in [3.05, 3.63) is 48.5 Å². The molecule has 56 valence electrons. The number of fused-ring (bicyclic) bond motifs is 1. The minimum absolute atomic E-state index is 0. The van der Waals surface area contributed by atoms with Crippen LogP contribution in [-0.4, -0.2) is 0 Å². The average molecular weight is 144 g/mol. The van der Waals surface area contributed by atoms with Gasteiger partial charge in [-0.25, -0.2) is 0 Å². The lowest BCUT2D eigenvalue weighted by Gasteiger charge is -1.85. The Balaban J connectivity index is 0.000000605. The van der Waals surface area contributed by atoms with Crippen molar-refractivity contribution >= 4 is 0 Å². The van der Waals surface area contributed by atoms with Gasteiger partial charge in [0.1, 0.15) is 0 Å². The van der Waals surface area contributed by atoms with Crippen LogP contribution in [-0.2, 0) is 0 Å². The van der Waals surface area contributed by atoms with E-state index in [0.717, 1.165) is 0 Å². The molecule has 0 aromatic heterocycles. The highest BCUT2D eigenvalue weighted by Crippen LogP contribution is 2.19. The molecule has 0 aromatic carbocycles. The molecule has 0 radical (unpaired) electrons. The lowest BCUT2D eigenvalue weighted by molar-refractivity contribution is 1.84. The van der Waals surface area contributed by atoms with Gasteiger partial charge in [0.25, 0.3) is 0 Å². The minimum Gasteiger partial charge on any atom is -0.0776 e. The number of hydrogen-bond acceptors (Lipinski definition) is 0. The molecule has 0 heterocycles. The summed E-state index contributed by atoms with van der Waals surface area (Å²) >= 11 is 0. The third kappa shape index (κ3) is 1.40. The van der Waals surface area contributed by atoms with Gasteiger partial charge in [0.2, 0.25) is 0 Å². The fourth-order valence-corrected chi connectivity index (χ4v) is 1.13. The Morgan fingerprint density at radius 3 is 1.55 bits per heavy atom. The Labute approximate surface area is 67.8 Å². The van der Waals surface area contributed by atoms with Crippen LogP contribution in [0.1, 0.15) is 7.43 Å².